The molecule has 2 heteroatoms. The lowest BCUT2D eigenvalue weighted by Gasteiger charge is -2.30. The molecule has 64 valence electrons. The van der Waals surface area contributed by atoms with E-state index in [4.69, 9.17) is 0 Å². The van der Waals surface area contributed by atoms with Crippen molar-refractivity contribution in [3.63, 3.8) is 0 Å². The number of allylic oxidation sites excluding steroid dienone is 2. The Morgan fingerprint density at radius 3 is 2.75 bits per heavy atom. The van der Waals surface area contributed by atoms with E-state index in [2.05, 4.69) is 0 Å². The van der Waals surface area contributed by atoms with Crippen molar-refractivity contribution in [1.82, 2.24) is 0 Å². The van der Waals surface area contributed by atoms with Crippen LogP contribution in [-0.2, 0) is 9.59 Å². The van der Waals surface area contributed by atoms with Gasteiger partial charge in [-0.15, -0.1) is 0 Å². The first kappa shape index (κ1) is 7.71. The van der Waals surface area contributed by atoms with Crippen LogP contribution in [0.1, 0.15) is 32.6 Å². The summed E-state index contributed by atoms with van der Waals surface area (Å²) in [5, 5.41) is 0. The van der Waals surface area contributed by atoms with Crippen molar-refractivity contribution in [2.75, 3.05) is 0 Å². The Morgan fingerprint density at radius 1 is 1.25 bits per heavy atom. The first-order valence-corrected chi connectivity index (χ1v) is 4.36. The number of rotatable bonds is 0. The fraction of sp³-hybridized carbons (Fsp3) is 0.600. The molecule has 2 nitrogen and oxygen atoms in total. The van der Waals surface area contributed by atoms with Gasteiger partial charge in [-0.05, 0) is 12.5 Å². The zero-order valence-electron chi connectivity index (χ0n) is 7.22. The molecule has 0 aromatic rings. The van der Waals surface area contributed by atoms with E-state index >= 15 is 0 Å². The maximum Gasteiger partial charge on any atom is 0.156 e. The summed E-state index contributed by atoms with van der Waals surface area (Å²) in [6.45, 7) is 2.03. The fourth-order valence-corrected chi connectivity index (χ4v) is 2.27. The topological polar surface area (TPSA) is 34.1 Å². The molecule has 0 aromatic heterocycles. The molecule has 1 atom stereocenters. The predicted molar refractivity (Wildman–Crippen MR) is 44.7 cm³/mol. The molecule has 0 saturated heterocycles. The molecule has 2 aliphatic rings. The van der Waals surface area contributed by atoms with Crippen LogP contribution in [0.5, 0.6) is 0 Å². The average molecular weight is 164 g/mol. The number of hydrogen-bond acceptors (Lipinski definition) is 2. The average Bonchev–Trinajstić information content (AvgIpc) is 2.22. The fourth-order valence-electron chi connectivity index (χ4n) is 2.27. The van der Waals surface area contributed by atoms with Crippen LogP contribution in [0.3, 0.4) is 0 Å². The van der Waals surface area contributed by atoms with Gasteiger partial charge in [0.1, 0.15) is 5.78 Å². The third-order valence-electron chi connectivity index (χ3n) is 2.94. The number of fused-ring (bicyclic) bond motifs is 1. The van der Waals surface area contributed by atoms with E-state index in [9.17, 15) is 9.59 Å². The van der Waals surface area contributed by atoms with E-state index < -0.39 is 0 Å². The lowest BCUT2D eigenvalue weighted by atomic mass is 9.72. The summed E-state index contributed by atoms with van der Waals surface area (Å²) >= 11 is 0. The van der Waals surface area contributed by atoms with Gasteiger partial charge < -0.3 is 0 Å². The number of Topliss-reactive ketones (excluding diaryl/α,β-unsaturated/α-hetero) is 1. The summed E-state index contributed by atoms with van der Waals surface area (Å²) in [5.41, 5.74) is 1.10. The zero-order chi connectivity index (χ0) is 8.77. The van der Waals surface area contributed by atoms with Gasteiger partial charge in [-0.3, -0.25) is 9.59 Å². The molecule has 1 unspecified atom stereocenters. The SMILES string of the molecule is CC12CC(=O)C=C1CCC(=O)C2. The third kappa shape index (κ3) is 1.02. The van der Waals surface area contributed by atoms with Crippen LogP contribution in [0, 0.1) is 5.41 Å². The van der Waals surface area contributed by atoms with Gasteiger partial charge in [0.2, 0.25) is 0 Å². The molecule has 0 spiro atoms. The number of carbonyl (C=O) groups excluding carboxylic acids is 2. The van der Waals surface area contributed by atoms with Gasteiger partial charge in [0, 0.05) is 24.7 Å². The van der Waals surface area contributed by atoms with Gasteiger partial charge in [0.05, 0.1) is 0 Å². The molecular formula is C10H12O2. The smallest absolute Gasteiger partial charge is 0.156 e. The zero-order valence-corrected chi connectivity index (χ0v) is 7.22. The Kier molecular flexibility index (Phi) is 1.47. The minimum absolute atomic E-state index is 0.105. The normalized spacial score (nSPS) is 34.9. The molecule has 0 heterocycles. The molecule has 1 fully saturated rings. The number of carbonyl (C=O) groups is 2. The van der Waals surface area contributed by atoms with Crippen molar-refractivity contribution >= 4 is 11.6 Å². The van der Waals surface area contributed by atoms with Crippen LogP contribution >= 0.6 is 0 Å². The predicted octanol–water partition coefficient (Wildman–Crippen LogP) is 1.64. The Hall–Kier alpha value is -0.920. The van der Waals surface area contributed by atoms with Crippen LogP contribution in [0.4, 0.5) is 0 Å². The number of hydrogen-bond donors (Lipinski definition) is 0. The second kappa shape index (κ2) is 2.28. The maximum atomic E-state index is 11.2. The van der Waals surface area contributed by atoms with Crippen molar-refractivity contribution in [2.24, 2.45) is 5.41 Å². The molecule has 0 amide bonds. The molecule has 0 bridgehead atoms. The van der Waals surface area contributed by atoms with Crippen molar-refractivity contribution in [3.8, 4) is 0 Å². The first-order chi connectivity index (χ1) is 5.60. The van der Waals surface area contributed by atoms with Crippen LogP contribution in [0.15, 0.2) is 11.6 Å². The van der Waals surface area contributed by atoms with Crippen molar-refractivity contribution < 1.29 is 9.59 Å². The first-order valence-electron chi connectivity index (χ1n) is 4.36. The summed E-state index contributed by atoms with van der Waals surface area (Å²) < 4.78 is 0. The second-order valence-corrected chi connectivity index (χ2v) is 4.09. The van der Waals surface area contributed by atoms with Crippen LogP contribution in [0.25, 0.3) is 0 Å². The Balaban J connectivity index is 2.32. The van der Waals surface area contributed by atoms with Crippen LogP contribution < -0.4 is 0 Å². The lowest BCUT2D eigenvalue weighted by Crippen LogP contribution is -2.26. The van der Waals surface area contributed by atoms with Crippen LogP contribution in [-0.4, -0.2) is 11.6 Å². The summed E-state index contributed by atoms with van der Waals surface area (Å²) in [6.07, 6.45) is 4.31. The van der Waals surface area contributed by atoms with E-state index in [1.165, 1.54) is 5.57 Å². The molecule has 0 aromatic carbocycles. The molecule has 1 saturated carbocycles. The Bertz CT molecular complexity index is 288. The van der Waals surface area contributed by atoms with Crippen molar-refractivity contribution in [1.29, 1.82) is 0 Å². The summed E-state index contributed by atoms with van der Waals surface area (Å²) in [7, 11) is 0. The summed E-state index contributed by atoms with van der Waals surface area (Å²) in [6, 6.07) is 0. The van der Waals surface area contributed by atoms with E-state index in [0.717, 1.165) is 6.42 Å². The van der Waals surface area contributed by atoms with Gasteiger partial charge in [0.15, 0.2) is 5.78 Å². The van der Waals surface area contributed by atoms with Gasteiger partial charge in [0.25, 0.3) is 0 Å². The van der Waals surface area contributed by atoms with Gasteiger partial charge in [-0.25, -0.2) is 0 Å². The largest absolute Gasteiger partial charge is 0.300 e. The number of ketones is 2. The van der Waals surface area contributed by atoms with E-state index in [0.29, 0.717) is 25.0 Å². The molecule has 12 heavy (non-hydrogen) atoms. The molecule has 2 rings (SSSR count). The van der Waals surface area contributed by atoms with Gasteiger partial charge >= 0.3 is 0 Å². The maximum absolute atomic E-state index is 11.2. The minimum Gasteiger partial charge on any atom is -0.300 e. The summed E-state index contributed by atoms with van der Waals surface area (Å²) in [5.74, 6) is 0.506. The van der Waals surface area contributed by atoms with E-state index in [1.807, 2.05) is 6.92 Å². The molecule has 2 aliphatic carbocycles. The van der Waals surface area contributed by atoms with Crippen LogP contribution in [0.2, 0.25) is 0 Å². The summed E-state index contributed by atoms with van der Waals surface area (Å²) in [4.78, 5) is 22.3. The molecule has 0 N–H and O–H groups in total. The Labute approximate surface area is 71.6 Å². The van der Waals surface area contributed by atoms with Crippen molar-refractivity contribution in [2.45, 2.75) is 32.6 Å². The molecule has 0 aliphatic heterocycles. The highest BCUT2D eigenvalue weighted by molar-refractivity contribution is 5.96. The molecule has 0 radical (unpaired) electrons. The monoisotopic (exact) mass is 164 g/mol. The molecular weight excluding hydrogens is 152 g/mol. The van der Waals surface area contributed by atoms with E-state index in [1.54, 1.807) is 6.08 Å². The van der Waals surface area contributed by atoms with Gasteiger partial charge in [-0.1, -0.05) is 12.5 Å². The van der Waals surface area contributed by atoms with Gasteiger partial charge in [-0.2, -0.15) is 0 Å². The highest BCUT2D eigenvalue weighted by atomic mass is 16.1. The standard InChI is InChI=1S/C10H12O2/c1-10-5-8(11)3-2-7(10)4-9(12)6-10/h4H,2-3,5-6H2,1H3. The van der Waals surface area contributed by atoms with E-state index in [-0.39, 0.29) is 11.2 Å². The lowest BCUT2D eigenvalue weighted by molar-refractivity contribution is -0.122. The third-order valence-corrected chi connectivity index (χ3v) is 2.94. The highest BCUT2D eigenvalue weighted by Gasteiger charge is 2.40. The highest BCUT2D eigenvalue weighted by Crippen LogP contribution is 2.45. The van der Waals surface area contributed by atoms with Crippen molar-refractivity contribution in [3.05, 3.63) is 11.6 Å². The minimum atomic E-state index is -0.105. The second-order valence-electron chi connectivity index (χ2n) is 4.09. The Morgan fingerprint density at radius 2 is 2.00 bits per heavy atom. The quantitative estimate of drug-likeness (QED) is 0.545.